The fourth-order valence-electron chi connectivity index (χ4n) is 3.21. The maximum atomic E-state index is 11.8. The zero-order chi connectivity index (χ0) is 17.9. The van der Waals surface area contributed by atoms with E-state index in [0.29, 0.717) is 17.4 Å². The summed E-state index contributed by atoms with van der Waals surface area (Å²) in [7, 11) is 3.25. The van der Waals surface area contributed by atoms with Gasteiger partial charge in [-0.3, -0.25) is 4.79 Å². The number of nitrogens with zero attached hydrogens (tertiary/aromatic N) is 1. The highest BCUT2D eigenvalue weighted by atomic mass is 16.5. The van der Waals surface area contributed by atoms with Gasteiger partial charge in [-0.25, -0.2) is 0 Å². The molecule has 0 saturated carbocycles. The first-order valence-electron chi connectivity index (χ1n) is 8.22. The molecule has 2 N–H and O–H groups in total. The number of carbonyl (C=O) groups excluding carboxylic acids is 1. The largest absolute Gasteiger partial charge is 0.497 e. The van der Waals surface area contributed by atoms with E-state index in [4.69, 9.17) is 15.2 Å². The molecule has 0 radical (unpaired) electrons. The molecule has 2 rings (SSSR count). The number of nitrogens with two attached hydrogens (primary N) is 1. The van der Waals surface area contributed by atoms with Gasteiger partial charge in [0, 0.05) is 23.4 Å². The van der Waals surface area contributed by atoms with Crippen LogP contribution in [0.15, 0.2) is 24.3 Å². The maximum absolute atomic E-state index is 11.8. The zero-order valence-electron chi connectivity index (χ0n) is 15.1. The topological polar surface area (TPSA) is 66.5 Å². The molecule has 1 aromatic carbocycles. The monoisotopic (exact) mass is 330 g/mol. The van der Waals surface area contributed by atoms with E-state index in [-0.39, 0.29) is 0 Å². The van der Waals surface area contributed by atoms with Crippen LogP contribution in [-0.4, -0.2) is 24.7 Å². The highest BCUT2D eigenvalue weighted by Crippen LogP contribution is 2.38. The van der Waals surface area contributed by atoms with Gasteiger partial charge in [-0.15, -0.1) is 0 Å². The second kappa shape index (κ2) is 7.43. The van der Waals surface area contributed by atoms with E-state index < -0.39 is 5.91 Å². The van der Waals surface area contributed by atoms with Gasteiger partial charge in [-0.1, -0.05) is 13.8 Å². The van der Waals surface area contributed by atoms with Gasteiger partial charge in [-0.2, -0.15) is 0 Å². The van der Waals surface area contributed by atoms with E-state index in [1.807, 2.05) is 31.2 Å². The number of hydrogen-bond donors (Lipinski definition) is 1. The number of methoxy groups -OCH3 is 2. The number of ether oxygens (including phenoxy) is 2. The summed E-state index contributed by atoms with van der Waals surface area (Å²) >= 11 is 0. The molecule has 1 amide bonds. The lowest BCUT2D eigenvalue weighted by Gasteiger charge is -2.22. The Morgan fingerprint density at radius 1 is 1.17 bits per heavy atom. The summed E-state index contributed by atoms with van der Waals surface area (Å²) in [4.78, 5) is 11.8. The van der Waals surface area contributed by atoms with Gasteiger partial charge in [0.25, 0.3) is 5.91 Å². The number of primary amides is 1. The van der Waals surface area contributed by atoms with Gasteiger partial charge in [0.1, 0.15) is 11.5 Å². The SMILES string of the molecule is CCC(CC)n1c(-c2ccc(OC)cc2OC)cc(C(N)=O)c1C. The molecule has 0 aliphatic rings. The van der Waals surface area contributed by atoms with Crippen molar-refractivity contribution in [1.82, 2.24) is 4.57 Å². The highest BCUT2D eigenvalue weighted by molar-refractivity contribution is 5.96. The third-order valence-corrected chi connectivity index (χ3v) is 4.55. The minimum Gasteiger partial charge on any atom is -0.497 e. The summed E-state index contributed by atoms with van der Waals surface area (Å²) in [5.74, 6) is 1.02. The van der Waals surface area contributed by atoms with Crippen molar-refractivity contribution in [1.29, 1.82) is 0 Å². The first-order valence-corrected chi connectivity index (χ1v) is 8.22. The molecule has 2 aromatic rings. The van der Waals surface area contributed by atoms with Crippen molar-refractivity contribution in [3.8, 4) is 22.8 Å². The van der Waals surface area contributed by atoms with Gasteiger partial charge in [0.05, 0.1) is 25.5 Å². The summed E-state index contributed by atoms with van der Waals surface area (Å²) in [6.07, 6.45) is 1.94. The fraction of sp³-hybridized carbons (Fsp3) is 0.421. The van der Waals surface area contributed by atoms with Gasteiger partial charge in [0.15, 0.2) is 0 Å². The molecule has 5 nitrogen and oxygen atoms in total. The Morgan fingerprint density at radius 2 is 1.83 bits per heavy atom. The van der Waals surface area contributed by atoms with Crippen LogP contribution in [0.3, 0.4) is 0 Å². The third-order valence-electron chi connectivity index (χ3n) is 4.55. The Morgan fingerprint density at radius 3 is 2.33 bits per heavy atom. The molecule has 0 saturated heterocycles. The van der Waals surface area contributed by atoms with Crippen LogP contribution in [-0.2, 0) is 0 Å². The van der Waals surface area contributed by atoms with Gasteiger partial charge >= 0.3 is 0 Å². The quantitative estimate of drug-likeness (QED) is 0.836. The molecule has 130 valence electrons. The van der Waals surface area contributed by atoms with Crippen LogP contribution in [0.25, 0.3) is 11.3 Å². The molecule has 0 spiro atoms. The number of rotatable bonds is 7. The maximum Gasteiger partial charge on any atom is 0.250 e. The van der Waals surface area contributed by atoms with E-state index in [2.05, 4.69) is 18.4 Å². The van der Waals surface area contributed by atoms with Crippen molar-refractivity contribution in [3.63, 3.8) is 0 Å². The average Bonchev–Trinajstić information content (AvgIpc) is 2.93. The van der Waals surface area contributed by atoms with Gasteiger partial charge in [-0.05, 0) is 38.0 Å². The predicted molar refractivity (Wildman–Crippen MR) is 95.8 cm³/mol. The molecule has 0 aliphatic heterocycles. The molecule has 1 aromatic heterocycles. The second-order valence-electron chi connectivity index (χ2n) is 5.80. The number of carbonyl (C=O) groups is 1. The Bertz CT molecular complexity index is 730. The van der Waals surface area contributed by atoms with Gasteiger partial charge < -0.3 is 19.8 Å². The predicted octanol–water partition coefficient (Wildman–Crippen LogP) is 3.94. The lowest BCUT2D eigenvalue weighted by atomic mass is 10.1. The van der Waals surface area contributed by atoms with Crippen LogP contribution in [0.1, 0.15) is 48.8 Å². The standard InChI is InChI=1S/C19H26N2O3/c1-6-13(7-2)21-12(3)16(19(20)22)11-17(21)15-9-8-14(23-4)10-18(15)24-5/h8-11,13H,6-7H2,1-5H3,(H2,20,22). The van der Waals surface area contributed by atoms with Crippen LogP contribution < -0.4 is 15.2 Å². The summed E-state index contributed by atoms with van der Waals surface area (Å²) in [5, 5.41) is 0. The van der Waals surface area contributed by atoms with Crippen LogP contribution in [0.5, 0.6) is 11.5 Å². The van der Waals surface area contributed by atoms with Crippen LogP contribution in [0.4, 0.5) is 0 Å². The van der Waals surface area contributed by atoms with Crippen LogP contribution in [0, 0.1) is 6.92 Å². The van der Waals surface area contributed by atoms with Crippen molar-refractivity contribution in [2.24, 2.45) is 5.73 Å². The lowest BCUT2D eigenvalue weighted by molar-refractivity contribution is 0.0999. The number of aromatic nitrogens is 1. The van der Waals surface area contributed by atoms with Gasteiger partial charge in [0.2, 0.25) is 0 Å². The Labute approximate surface area is 143 Å². The molecule has 5 heteroatoms. The first-order chi connectivity index (χ1) is 11.5. The number of amides is 1. The van der Waals surface area contributed by atoms with E-state index in [1.54, 1.807) is 14.2 Å². The molecule has 24 heavy (non-hydrogen) atoms. The molecule has 1 heterocycles. The van der Waals surface area contributed by atoms with Crippen molar-refractivity contribution >= 4 is 5.91 Å². The summed E-state index contributed by atoms with van der Waals surface area (Å²) < 4.78 is 13.0. The molecule has 0 unspecified atom stereocenters. The van der Waals surface area contributed by atoms with Crippen molar-refractivity contribution < 1.29 is 14.3 Å². The average molecular weight is 330 g/mol. The third kappa shape index (κ3) is 3.11. The molecule has 0 aliphatic carbocycles. The summed E-state index contributed by atoms with van der Waals surface area (Å²) in [5.41, 5.74) is 8.87. The zero-order valence-corrected chi connectivity index (χ0v) is 15.1. The molecule has 0 bridgehead atoms. The Kier molecular flexibility index (Phi) is 5.54. The summed E-state index contributed by atoms with van der Waals surface area (Å²) in [6.45, 7) is 6.23. The van der Waals surface area contributed by atoms with E-state index in [9.17, 15) is 4.79 Å². The Hall–Kier alpha value is -2.43. The van der Waals surface area contributed by atoms with Crippen LogP contribution >= 0.6 is 0 Å². The van der Waals surface area contributed by atoms with Crippen molar-refractivity contribution in [3.05, 3.63) is 35.5 Å². The minimum absolute atomic E-state index is 0.292. The smallest absolute Gasteiger partial charge is 0.250 e. The molecule has 0 fully saturated rings. The second-order valence-corrected chi connectivity index (χ2v) is 5.80. The molecule has 0 atom stereocenters. The Balaban J connectivity index is 2.73. The first kappa shape index (κ1) is 17.9. The van der Waals surface area contributed by atoms with Crippen molar-refractivity contribution in [2.45, 2.75) is 39.7 Å². The molecular weight excluding hydrogens is 304 g/mol. The fourth-order valence-corrected chi connectivity index (χ4v) is 3.21. The normalized spacial score (nSPS) is 10.9. The van der Waals surface area contributed by atoms with Crippen LogP contribution in [0.2, 0.25) is 0 Å². The minimum atomic E-state index is -0.411. The van der Waals surface area contributed by atoms with E-state index >= 15 is 0 Å². The summed E-state index contributed by atoms with van der Waals surface area (Å²) in [6, 6.07) is 7.84. The van der Waals surface area contributed by atoms with Crippen molar-refractivity contribution in [2.75, 3.05) is 14.2 Å². The molecular formula is C19H26N2O3. The number of benzene rings is 1. The van der Waals surface area contributed by atoms with E-state index in [0.717, 1.165) is 35.5 Å². The number of hydrogen-bond acceptors (Lipinski definition) is 3. The highest BCUT2D eigenvalue weighted by Gasteiger charge is 2.22. The van der Waals surface area contributed by atoms with E-state index in [1.165, 1.54) is 0 Å². The lowest BCUT2D eigenvalue weighted by Crippen LogP contribution is -2.14.